The van der Waals surface area contributed by atoms with E-state index < -0.39 is 11.6 Å². The third-order valence-electron chi connectivity index (χ3n) is 3.26. The summed E-state index contributed by atoms with van der Waals surface area (Å²) in [5.74, 6) is -0.725. The maximum absolute atomic E-state index is 13.8. The molecule has 4 nitrogen and oxygen atoms in total. The van der Waals surface area contributed by atoms with Gasteiger partial charge < -0.3 is 10.2 Å². The van der Waals surface area contributed by atoms with Crippen LogP contribution in [0.3, 0.4) is 0 Å². The maximum atomic E-state index is 13.8. The first-order valence-corrected chi connectivity index (χ1v) is 6.49. The van der Waals surface area contributed by atoms with E-state index in [0.29, 0.717) is 5.95 Å². The summed E-state index contributed by atoms with van der Waals surface area (Å²) in [6, 6.07) is 5.32. The van der Waals surface area contributed by atoms with Crippen LogP contribution in [0.5, 0.6) is 0 Å². The first-order valence-electron chi connectivity index (χ1n) is 6.49. The van der Waals surface area contributed by atoms with Crippen LogP contribution in [0.2, 0.25) is 0 Å². The zero-order chi connectivity index (χ0) is 13.9. The van der Waals surface area contributed by atoms with Gasteiger partial charge in [-0.3, -0.25) is 0 Å². The summed E-state index contributed by atoms with van der Waals surface area (Å²) in [6.45, 7) is 3.26. The molecular weight excluding hydrogens is 262 g/mol. The molecule has 0 radical (unpaired) electrons. The van der Waals surface area contributed by atoms with Gasteiger partial charge in [-0.05, 0) is 18.2 Å². The molecule has 1 aliphatic heterocycles. The lowest BCUT2D eigenvalue weighted by atomic mass is 10.1. The molecule has 3 rings (SSSR count). The minimum atomic E-state index is -0.616. The van der Waals surface area contributed by atoms with Crippen molar-refractivity contribution >= 4 is 5.95 Å². The highest BCUT2D eigenvalue weighted by Gasteiger charge is 2.16. The largest absolute Gasteiger partial charge is 0.338 e. The number of benzene rings is 1. The van der Waals surface area contributed by atoms with E-state index in [2.05, 4.69) is 15.3 Å². The Morgan fingerprint density at radius 3 is 2.45 bits per heavy atom. The van der Waals surface area contributed by atoms with Crippen LogP contribution in [-0.2, 0) is 0 Å². The molecule has 0 unspecified atom stereocenters. The predicted molar refractivity (Wildman–Crippen MR) is 72.5 cm³/mol. The minimum absolute atomic E-state index is 0.105. The molecule has 1 aliphatic rings. The van der Waals surface area contributed by atoms with Gasteiger partial charge in [-0.25, -0.2) is 18.7 Å². The molecule has 0 spiro atoms. The van der Waals surface area contributed by atoms with Gasteiger partial charge in [0.05, 0.1) is 11.3 Å². The van der Waals surface area contributed by atoms with E-state index in [1.807, 2.05) is 4.90 Å². The van der Waals surface area contributed by atoms with Crippen LogP contribution in [0.25, 0.3) is 11.3 Å². The lowest BCUT2D eigenvalue weighted by Crippen LogP contribution is -2.44. The summed E-state index contributed by atoms with van der Waals surface area (Å²) in [7, 11) is 0. The molecule has 1 saturated heterocycles. The van der Waals surface area contributed by atoms with E-state index in [9.17, 15) is 8.78 Å². The number of rotatable bonds is 2. The number of aromatic nitrogens is 2. The number of hydrogen-bond acceptors (Lipinski definition) is 4. The van der Waals surface area contributed by atoms with Gasteiger partial charge in [0, 0.05) is 32.4 Å². The first-order chi connectivity index (χ1) is 9.75. The Hall–Kier alpha value is -2.08. The monoisotopic (exact) mass is 276 g/mol. The van der Waals surface area contributed by atoms with Gasteiger partial charge in [-0.1, -0.05) is 6.07 Å². The Bertz CT molecular complexity index is 592. The molecule has 20 heavy (non-hydrogen) atoms. The van der Waals surface area contributed by atoms with Crippen molar-refractivity contribution in [1.29, 1.82) is 0 Å². The Balaban J connectivity index is 1.98. The van der Waals surface area contributed by atoms with Gasteiger partial charge >= 0.3 is 0 Å². The molecule has 1 N–H and O–H groups in total. The SMILES string of the molecule is Fc1cccc(F)c1-c1ccnc(N2CCNCC2)n1. The summed E-state index contributed by atoms with van der Waals surface area (Å²) in [4.78, 5) is 10.5. The molecule has 1 aromatic carbocycles. The van der Waals surface area contributed by atoms with E-state index in [-0.39, 0.29) is 11.3 Å². The van der Waals surface area contributed by atoms with Gasteiger partial charge in [-0.2, -0.15) is 0 Å². The second-order valence-corrected chi connectivity index (χ2v) is 4.58. The fourth-order valence-electron chi connectivity index (χ4n) is 2.25. The molecular formula is C14H14F2N4. The third-order valence-corrected chi connectivity index (χ3v) is 3.26. The molecule has 0 atom stereocenters. The Labute approximate surface area is 115 Å². The van der Waals surface area contributed by atoms with Crippen molar-refractivity contribution in [1.82, 2.24) is 15.3 Å². The van der Waals surface area contributed by atoms with Crippen molar-refractivity contribution in [3.05, 3.63) is 42.1 Å². The van der Waals surface area contributed by atoms with E-state index in [1.54, 1.807) is 0 Å². The molecule has 0 bridgehead atoms. The van der Waals surface area contributed by atoms with Crippen LogP contribution in [0.4, 0.5) is 14.7 Å². The molecule has 0 aliphatic carbocycles. The lowest BCUT2D eigenvalue weighted by Gasteiger charge is -2.27. The van der Waals surface area contributed by atoms with Gasteiger partial charge in [-0.15, -0.1) is 0 Å². The lowest BCUT2D eigenvalue weighted by molar-refractivity contribution is 0.578. The number of anilines is 1. The first kappa shape index (κ1) is 12.9. The Morgan fingerprint density at radius 1 is 1.05 bits per heavy atom. The number of piperazine rings is 1. The number of halogens is 2. The molecule has 104 valence electrons. The van der Waals surface area contributed by atoms with Crippen LogP contribution >= 0.6 is 0 Å². The van der Waals surface area contributed by atoms with Crippen molar-refractivity contribution in [2.75, 3.05) is 31.1 Å². The van der Waals surface area contributed by atoms with Crippen molar-refractivity contribution in [2.24, 2.45) is 0 Å². The minimum Gasteiger partial charge on any atom is -0.338 e. The van der Waals surface area contributed by atoms with Crippen molar-refractivity contribution in [2.45, 2.75) is 0 Å². The highest BCUT2D eigenvalue weighted by atomic mass is 19.1. The fraction of sp³-hybridized carbons (Fsp3) is 0.286. The van der Waals surface area contributed by atoms with E-state index in [0.717, 1.165) is 26.2 Å². The van der Waals surface area contributed by atoms with Crippen molar-refractivity contribution < 1.29 is 8.78 Å². The van der Waals surface area contributed by atoms with Crippen LogP contribution in [0.1, 0.15) is 0 Å². The average Bonchev–Trinajstić information content (AvgIpc) is 2.48. The Morgan fingerprint density at radius 2 is 1.75 bits per heavy atom. The van der Waals surface area contributed by atoms with Crippen LogP contribution in [-0.4, -0.2) is 36.1 Å². The smallest absolute Gasteiger partial charge is 0.225 e. The van der Waals surface area contributed by atoms with Crippen LogP contribution < -0.4 is 10.2 Å². The quantitative estimate of drug-likeness (QED) is 0.908. The molecule has 0 amide bonds. The zero-order valence-corrected chi connectivity index (χ0v) is 10.8. The molecule has 1 aromatic heterocycles. The second-order valence-electron chi connectivity index (χ2n) is 4.58. The van der Waals surface area contributed by atoms with Crippen LogP contribution in [0, 0.1) is 11.6 Å². The van der Waals surface area contributed by atoms with Gasteiger partial charge in [0.1, 0.15) is 11.6 Å². The summed E-state index contributed by atoms with van der Waals surface area (Å²) in [5, 5.41) is 3.23. The average molecular weight is 276 g/mol. The zero-order valence-electron chi connectivity index (χ0n) is 10.8. The number of nitrogens with zero attached hydrogens (tertiary/aromatic N) is 3. The standard InChI is InChI=1S/C14H14F2N4/c15-10-2-1-3-11(16)13(10)12-4-5-18-14(19-12)20-8-6-17-7-9-20/h1-5,17H,6-9H2. The van der Waals surface area contributed by atoms with Crippen molar-refractivity contribution in [3.8, 4) is 11.3 Å². The van der Waals surface area contributed by atoms with E-state index in [4.69, 9.17) is 0 Å². The second kappa shape index (κ2) is 5.50. The molecule has 6 heteroatoms. The van der Waals surface area contributed by atoms with E-state index in [1.165, 1.54) is 30.5 Å². The summed E-state index contributed by atoms with van der Waals surface area (Å²) < 4.78 is 27.6. The molecule has 1 fully saturated rings. The van der Waals surface area contributed by atoms with E-state index >= 15 is 0 Å². The fourth-order valence-corrected chi connectivity index (χ4v) is 2.25. The topological polar surface area (TPSA) is 41.1 Å². The summed E-state index contributed by atoms with van der Waals surface area (Å²) >= 11 is 0. The predicted octanol–water partition coefficient (Wildman–Crippen LogP) is 1.83. The normalized spacial score (nSPS) is 15.4. The van der Waals surface area contributed by atoms with Crippen LogP contribution in [0.15, 0.2) is 30.5 Å². The molecule has 0 saturated carbocycles. The third kappa shape index (κ3) is 2.46. The van der Waals surface area contributed by atoms with Gasteiger partial charge in [0.2, 0.25) is 5.95 Å². The highest BCUT2D eigenvalue weighted by molar-refractivity contribution is 5.61. The highest BCUT2D eigenvalue weighted by Crippen LogP contribution is 2.25. The molecule has 2 heterocycles. The van der Waals surface area contributed by atoms with Gasteiger partial charge in [0.15, 0.2) is 0 Å². The summed E-state index contributed by atoms with van der Waals surface area (Å²) in [5.41, 5.74) is 0.162. The van der Waals surface area contributed by atoms with Crippen molar-refractivity contribution in [3.63, 3.8) is 0 Å². The molecule has 2 aromatic rings. The number of nitrogens with one attached hydrogen (secondary N) is 1. The Kier molecular flexibility index (Phi) is 3.56. The maximum Gasteiger partial charge on any atom is 0.225 e. The van der Waals surface area contributed by atoms with Gasteiger partial charge in [0.25, 0.3) is 0 Å². The number of hydrogen-bond donors (Lipinski definition) is 1. The summed E-state index contributed by atoms with van der Waals surface area (Å²) in [6.07, 6.45) is 1.53.